The first-order valence-corrected chi connectivity index (χ1v) is 14.9. The minimum atomic E-state index is -0.785. The van der Waals surface area contributed by atoms with Gasteiger partial charge >= 0.3 is 0 Å². The summed E-state index contributed by atoms with van der Waals surface area (Å²) < 4.78 is 5.16. The molecule has 0 N–H and O–H groups in total. The highest BCUT2D eigenvalue weighted by Crippen LogP contribution is 2.75. The van der Waals surface area contributed by atoms with Crippen molar-refractivity contribution in [1.82, 2.24) is 0 Å². The van der Waals surface area contributed by atoms with Gasteiger partial charge in [0.25, 0.3) is 0 Å². The van der Waals surface area contributed by atoms with Crippen LogP contribution in [0.25, 0.3) is 0 Å². The number of nitrogens with zero attached hydrogens (tertiary/aromatic N) is 2. The maximum atomic E-state index is 2.58. The van der Waals surface area contributed by atoms with Gasteiger partial charge in [-0.05, 0) is 60.6 Å². The molecule has 0 saturated heterocycles. The fraction of sp³-hybridized carbons (Fsp3) is 0.133. The number of aryl methyl sites for hydroxylation is 4. The highest BCUT2D eigenvalue weighted by atomic mass is 32.1. The Morgan fingerprint density at radius 3 is 1.18 bits per heavy atom. The van der Waals surface area contributed by atoms with Crippen molar-refractivity contribution >= 4 is 37.5 Å². The Balaban J connectivity index is 1.76. The monoisotopic (exact) mass is 480 g/mol. The van der Waals surface area contributed by atoms with Gasteiger partial charge in [-0.1, -0.05) is 97.1 Å². The summed E-state index contributed by atoms with van der Waals surface area (Å²) in [6.07, 6.45) is 4.63. The Hall–Kier alpha value is -2.92. The quantitative estimate of drug-likeness (QED) is 0.267. The van der Waals surface area contributed by atoms with Crippen LogP contribution in [0.15, 0.2) is 109 Å². The molecular weight excluding hydrogens is 450 g/mol. The van der Waals surface area contributed by atoms with Crippen molar-refractivity contribution in [3.05, 3.63) is 132 Å². The zero-order valence-corrected chi connectivity index (χ0v) is 22.0. The molecule has 170 valence electrons. The standard InChI is InChI=1S/C30H30N2P2/c1-23-13-11-14-24(2)29(23)31-21-22-32(30-25(3)15-12-16-26(30)4)34(31)33(27-17-7-5-8-18-27)28-19-9-6-10-20-28/h5-22H,1-4H3. The summed E-state index contributed by atoms with van der Waals surface area (Å²) in [7, 11) is -1.46. The number of hydrogen-bond acceptors (Lipinski definition) is 2. The number of hydrogen-bond donors (Lipinski definition) is 0. The van der Waals surface area contributed by atoms with E-state index in [0.29, 0.717) is 0 Å². The molecule has 0 unspecified atom stereocenters. The molecule has 0 atom stereocenters. The Morgan fingerprint density at radius 1 is 0.471 bits per heavy atom. The molecular formula is C30H30N2P2. The largest absolute Gasteiger partial charge is 0.303 e. The van der Waals surface area contributed by atoms with Crippen LogP contribution in [0, 0.1) is 27.7 Å². The molecule has 0 fully saturated rings. The van der Waals surface area contributed by atoms with Gasteiger partial charge in [-0.15, -0.1) is 0 Å². The fourth-order valence-corrected chi connectivity index (χ4v) is 12.3. The van der Waals surface area contributed by atoms with Crippen molar-refractivity contribution < 1.29 is 0 Å². The van der Waals surface area contributed by atoms with Gasteiger partial charge in [-0.3, -0.25) is 0 Å². The van der Waals surface area contributed by atoms with Crippen molar-refractivity contribution in [2.45, 2.75) is 27.7 Å². The lowest BCUT2D eigenvalue weighted by Gasteiger charge is -2.40. The van der Waals surface area contributed by atoms with Gasteiger partial charge in [0.15, 0.2) is 0 Å². The van der Waals surface area contributed by atoms with E-state index in [4.69, 9.17) is 0 Å². The van der Waals surface area contributed by atoms with Crippen LogP contribution < -0.4 is 19.9 Å². The van der Waals surface area contributed by atoms with Crippen LogP contribution in [0.5, 0.6) is 0 Å². The normalized spacial score (nSPS) is 13.8. The van der Waals surface area contributed by atoms with Crippen LogP contribution in [0.4, 0.5) is 11.4 Å². The van der Waals surface area contributed by atoms with E-state index in [1.54, 1.807) is 0 Å². The lowest BCUT2D eigenvalue weighted by Crippen LogP contribution is -2.22. The van der Waals surface area contributed by atoms with Crippen LogP contribution >= 0.6 is 15.5 Å². The minimum absolute atomic E-state index is 0.673. The molecule has 0 spiro atoms. The van der Waals surface area contributed by atoms with Crippen LogP contribution in [0.1, 0.15) is 22.3 Å². The van der Waals surface area contributed by atoms with Crippen molar-refractivity contribution in [3.63, 3.8) is 0 Å². The predicted molar refractivity (Wildman–Crippen MR) is 152 cm³/mol. The van der Waals surface area contributed by atoms with E-state index < -0.39 is 15.5 Å². The van der Waals surface area contributed by atoms with Crippen LogP contribution in [-0.2, 0) is 0 Å². The molecule has 0 aromatic heterocycles. The number of rotatable bonds is 5. The van der Waals surface area contributed by atoms with E-state index in [1.807, 2.05) is 0 Å². The zero-order valence-electron chi connectivity index (χ0n) is 20.2. The summed E-state index contributed by atoms with van der Waals surface area (Å²) in [5, 5.41) is 2.82. The highest BCUT2D eigenvalue weighted by Gasteiger charge is 2.39. The molecule has 1 heterocycles. The van der Waals surface area contributed by atoms with Gasteiger partial charge in [0.1, 0.15) is 7.91 Å². The molecule has 34 heavy (non-hydrogen) atoms. The zero-order chi connectivity index (χ0) is 23.7. The molecule has 0 aliphatic carbocycles. The molecule has 0 radical (unpaired) electrons. The smallest absolute Gasteiger partial charge is 0.138 e. The molecule has 2 nitrogen and oxygen atoms in total. The first-order valence-electron chi connectivity index (χ1n) is 11.7. The molecule has 0 amide bonds. The van der Waals surface area contributed by atoms with E-state index in [-0.39, 0.29) is 0 Å². The minimum Gasteiger partial charge on any atom is -0.303 e. The molecule has 5 rings (SSSR count). The fourth-order valence-electron chi connectivity index (χ4n) is 4.70. The summed E-state index contributed by atoms with van der Waals surface area (Å²) in [4.78, 5) is 0. The van der Waals surface area contributed by atoms with Crippen molar-refractivity contribution in [1.29, 1.82) is 0 Å². The van der Waals surface area contributed by atoms with Gasteiger partial charge < -0.3 is 9.34 Å². The molecule has 4 heteroatoms. The lowest BCUT2D eigenvalue weighted by atomic mass is 10.1. The van der Waals surface area contributed by atoms with Gasteiger partial charge in [-0.2, -0.15) is 0 Å². The molecule has 4 aromatic carbocycles. The predicted octanol–water partition coefficient (Wildman–Crippen LogP) is 8.08. The molecule has 0 bridgehead atoms. The second kappa shape index (κ2) is 9.75. The van der Waals surface area contributed by atoms with Crippen molar-refractivity contribution in [3.8, 4) is 0 Å². The second-order valence-corrected chi connectivity index (χ2v) is 14.0. The van der Waals surface area contributed by atoms with E-state index in [1.165, 1.54) is 44.2 Å². The van der Waals surface area contributed by atoms with Gasteiger partial charge in [-0.25, -0.2) is 0 Å². The molecule has 0 saturated carbocycles. The molecule has 4 aromatic rings. The van der Waals surface area contributed by atoms with E-state index in [0.717, 1.165) is 0 Å². The summed E-state index contributed by atoms with van der Waals surface area (Å²) in [5.41, 5.74) is 7.93. The SMILES string of the molecule is Cc1cccc(C)c1N1C=CN(c2c(C)cccc2C)P1P(c1ccccc1)c1ccccc1. The van der Waals surface area contributed by atoms with Crippen LogP contribution in [0.2, 0.25) is 0 Å². The third kappa shape index (κ3) is 4.18. The molecule has 1 aliphatic rings. The van der Waals surface area contributed by atoms with Gasteiger partial charge in [0.05, 0.1) is 11.4 Å². The third-order valence-electron chi connectivity index (χ3n) is 6.25. The number of anilines is 2. The highest BCUT2D eigenvalue weighted by molar-refractivity contribution is 8.37. The number of benzene rings is 4. The van der Waals surface area contributed by atoms with Crippen LogP contribution in [-0.4, -0.2) is 0 Å². The summed E-state index contributed by atoms with van der Waals surface area (Å²) in [6.45, 7) is 8.94. The topological polar surface area (TPSA) is 6.48 Å². The third-order valence-corrected chi connectivity index (χ3v) is 13.2. The average Bonchev–Trinajstić information content (AvgIpc) is 3.24. The Bertz CT molecular complexity index is 1180. The lowest BCUT2D eigenvalue weighted by molar-refractivity contribution is 1.30. The first-order chi connectivity index (χ1) is 16.6. The summed E-state index contributed by atoms with van der Waals surface area (Å²) in [6, 6.07) is 35.5. The maximum absolute atomic E-state index is 2.58. The Kier molecular flexibility index (Phi) is 6.55. The Morgan fingerprint density at radius 2 is 0.824 bits per heavy atom. The summed E-state index contributed by atoms with van der Waals surface area (Å²) in [5.74, 6) is 0. The van der Waals surface area contributed by atoms with Crippen molar-refractivity contribution in [2.24, 2.45) is 0 Å². The Labute approximate surface area is 206 Å². The summed E-state index contributed by atoms with van der Waals surface area (Å²) >= 11 is 0. The maximum Gasteiger partial charge on any atom is 0.138 e. The van der Waals surface area contributed by atoms with Gasteiger partial charge in [0.2, 0.25) is 0 Å². The van der Waals surface area contributed by atoms with E-state index in [2.05, 4.69) is 146 Å². The van der Waals surface area contributed by atoms with Gasteiger partial charge in [0, 0.05) is 20.0 Å². The number of para-hydroxylation sites is 2. The average molecular weight is 481 g/mol. The van der Waals surface area contributed by atoms with E-state index >= 15 is 0 Å². The second-order valence-electron chi connectivity index (χ2n) is 8.72. The van der Waals surface area contributed by atoms with Crippen molar-refractivity contribution in [2.75, 3.05) is 9.34 Å². The van der Waals surface area contributed by atoms with Crippen LogP contribution in [0.3, 0.4) is 0 Å². The first kappa shape index (κ1) is 22.9. The van der Waals surface area contributed by atoms with E-state index in [9.17, 15) is 0 Å². The molecule has 1 aliphatic heterocycles.